The van der Waals surface area contributed by atoms with Crippen LogP contribution < -0.4 is 4.74 Å². The van der Waals surface area contributed by atoms with E-state index in [0.717, 1.165) is 34.3 Å². The standard InChI is InChI=1S/C20H19N5O2/c1-25(13-18-23-24-20(27-18)14-5-3-9-21-11-14)12-15-7-8-17(26-2)19-16(15)6-4-10-22-19/h3-11H,12-13H2,1-2H3. The molecule has 0 N–H and O–H groups in total. The number of ether oxygens (including phenoxy) is 1. The lowest BCUT2D eigenvalue weighted by Gasteiger charge is -2.16. The summed E-state index contributed by atoms with van der Waals surface area (Å²) in [6, 6.07) is 11.7. The molecule has 3 heterocycles. The van der Waals surface area contributed by atoms with E-state index in [9.17, 15) is 0 Å². The van der Waals surface area contributed by atoms with Crippen LogP contribution in [0, 0.1) is 0 Å². The second kappa shape index (κ2) is 7.51. The summed E-state index contributed by atoms with van der Waals surface area (Å²) in [6.45, 7) is 1.26. The van der Waals surface area contributed by atoms with Gasteiger partial charge in [-0.25, -0.2) is 0 Å². The van der Waals surface area contributed by atoms with Crippen LogP contribution in [0.1, 0.15) is 11.5 Å². The minimum atomic E-state index is 0.477. The van der Waals surface area contributed by atoms with Crippen LogP contribution >= 0.6 is 0 Å². The molecule has 0 fully saturated rings. The van der Waals surface area contributed by atoms with Crippen molar-refractivity contribution < 1.29 is 9.15 Å². The Kier molecular flexibility index (Phi) is 4.76. The zero-order valence-corrected chi connectivity index (χ0v) is 15.2. The molecule has 1 aromatic carbocycles. The van der Waals surface area contributed by atoms with E-state index >= 15 is 0 Å². The maximum Gasteiger partial charge on any atom is 0.249 e. The Bertz CT molecular complexity index is 1050. The molecular formula is C20H19N5O2. The molecule has 0 spiro atoms. The van der Waals surface area contributed by atoms with Gasteiger partial charge < -0.3 is 9.15 Å². The third-order valence-corrected chi connectivity index (χ3v) is 4.26. The molecule has 0 aliphatic heterocycles. The first kappa shape index (κ1) is 17.1. The third kappa shape index (κ3) is 3.63. The average molecular weight is 361 g/mol. The Morgan fingerprint density at radius 2 is 1.93 bits per heavy atom. The highest BCUT2D eigenvalue weighted by Crippen LogP contribution is 2.27. The van der Waals surface area contributed by atoms with Gasteiger partial charge in [-0.05, 0) is 36.9 Å². The fourth-order valence-corrected chi connectivity index (χ4v) is 3.01. The summed E-state index contributed by atoms with van der Waals surface area (Å²) in [6.07, 6.45) is 5.19. The first-order valence-electron chi connectivity index (χ1n) is 8.56. The minimum Gasteiger partial charge on any atom is -0.494 e. The number of aromatic nitrogens is 4. The van der Waals surface area contributed by atoms with Gasteiger partial charge in [0.25, 0.3) is 0 Å². The lowest BCUT2D eigenvalue weighted by molar-refractivity contribution is 0.283. The van der Waals surface area contributed by atoms with Crippen molar-refractivity contribution in [2.75, 3.05) is 14.2 Å². The first-order chi connectivity index (χ1) is 13.2. The maximum atomic E-state index is 5.77. The fourth-order valence-electron chi connectivity index (χ4n) is 3.01. The van der Waals surface area contributed by atoms with Crippen molar-refractivity contribution in [3.05, 3.63) is 66.4 Å². The van der Waals surface area contributed by atoms with Crippen LogP contribution in [0.3, 0.4) is 0 Å². The number of hydrogen-bond acceptors (Lipinski definition) is 7. The molecule has 7 heteroatoms. The number of rotatable bonds is 6. The van der Waals surface area contributed by atoms with E-state index in [1.165, 1.54) is 0 Å². The molecular weight excluding hydrogens is 342 g/mol. The van der Waals surface area contributed by atoms with Gasteiger partial charge in [0.1, 0.15) is 11.3 Å². The van der Waals surface area contributed by atoms with E-state index in [2.05, 4.69) is 37.2 Å². The monoisotopic (exact) mass is 361 g/mol. The number of methoxy groups -OCH3 is 1. The Morgan fingerprint density at radius 1 is 1.04 bits per heavy atom. The molecule has 0 saturated heterocycles. The first-order valence-corrected chi connectivity index (χ1v) is 8.56. The van der Waals surface area contributed by atoms with Crippen LogP contribution in [0.25, 0.3) is 22.4 Å². The van der Waals surface area contributed by atoms with Gasteiger partial charge in [-0.1, -0.05) is 12.1 Å². The Morgan fingerprint density at radius 3 is 2.74 bits per heavy atom. The quantitative estimate of drug-likeness (QED) is 0.521. The van der Waals surface area contributed by atoms with E-state index < -0.39 is 0 Å². The highest BCUT2D eigenvalue weighted by atomic mass is 16.5. The lowest BCUT2D eigenvalue weighted by atomic mass is 10.1. The lowest BCUT2D eigenvalue weighted by Crippen LogP contribution is -2.17. The van der Waals surface area contributed by atoms with E-state index in [4.69, 9.17) is 9.15 Å². The van der Waals surface area contributed by atoms with Gasteiger partial charge in [-0.2, -0.15) is 0 Å². The number of nitrogens with zero attached hydrogens (tertiary/aromatic N) is 5. The van der Waals surface area contributed by atoms with Crippen molar-refractivity contribution in [1.82, 2.24) is 25.1 Å². The zero-order chi connectivity index (χ0) is 18.6. The number of hydrogen-bond donors (Lipinski definition) is 0. The number of pyridine rings is 2. The fraction of sp³-hybridized carbons (Fsp3) is 0.200. The van der Waals surface area contributed by atoms with Crippen LogP contribution in [0.4, 0.5) is 0 Å². The zero-order valence-electron chi connectivity index (χ0n) is 15.2. The van der Waals surface area contributed by atoms with Crippen LogP contribution in [0.2, 0.25) is 0 Å². The van der Waals surface area contributed by atoms with Gasteiger partial charge >= 0.3 is 0 Å². The summed E-state index contributed by atoms with van der Waals surface area (Å²) in [4.78, 5) is 10.6. The predicted molar refractivity (Wildman–Crippen MR) is 101 cm³/mol. The molecule has 0 aliphatic rings. The smallest absolute Gasteiger partial charge is 0.249 e. The van der Waals surface area contributed by atoms with Crippen LogP contribution in [-0.4, -0.2) is 39.2 Å². The molecule has 4 rings (SSSR count). The van der Waals surface area contributed by atoms with E-state index in [1.807, 2.05) is 31.3 Å². The van der Waals surface area contributed by atoms with Gasteiger partial charge in [0, 0.05) is 30.5 Å². The summed E-state index contributed by atoms with van der Waals surface area (Å²) in [5, 5.41) is 9.33. The Hall–Kier alpha value is -3.32. The number of fused-ring (bicyclic) bond motifs is 1. The van der Waals surface area contributed by atoms with E-state index in [-0.39, 0.29) is 0 Å². The molecule has 4 aromatic rings. The molecule has 0 amide bonds. The van der Waals surface area contributed by atoms with Crippen molar-refractivity contribution in [1.29, 1.82) is 0 Å². The number of benzene rings is 1. The molecule has 27 heavy (non-hydrogen) atoms. The van der Waals surface area contributed by atoms with Crippen LogP contribution in [0.15, 0.2) is 59.4 Å². The van der Waals surface area contributed by atoms with E-state index in [0.29, 0.717) is 18.3 Å². The minimum absolute atomic E-state index is 0.477. The summed E-state index contributed by atoms with van der Waals surface area (Å²) in [5.41, 5.74) is 2.84. The summed E-state index contributed by atoms with van der Waals surface area (Å²) in [5.74, 6) is 1.81. The molecule has 0 saturated carbocycles. The second-order valence-electron chi connectivity index (χ2n) is 6.24. The van der Waals surface area contributed by atoms with Crippen LogP contribution in [0.5, 0.6) is 5.75 Å². The molecule has 7 nitrogen and oxygen atoms in total. The highest BCUT2D eigenvalue weighted by molar-refractivity contribution is 5.87. The molecule has 0 unspecified atom stereocenters. The topological polar surface area (TPSA) is 77.2 Å². The largest absolute Gasteiger partial charge is 0.494 e. The van der Waals surface area contributed by atoms with Gasteiger partial charge in [-0.3, -0.25) is 14.9 Å². The molecule has 0 radical (unpaired) electrons. The normalized spacial score (nSPS) is 11.2. The van der Waals surface area contributed by atoms with Gasteiger partial charge in [0.15, 0.2) is 0 Å². The molecule has 136 valence electrons. The van der Waals surface area contributed by atoms with Crippen LogP contribution in [-0.2, 0) is 13.1 Å². The highest BCUT2D eigenvalue weighted by Gasteiger charge is 2.13. The average Bonchev–Trinajstić information content (AvgIpc) is 3.17. The van der Waals surface area contributed by atoms with Crippen molar-refractivity contribution in [2.45, 2.75) is 13.1 Å². The molecule has 0 aliphatic carbocycles. The van der Waals surface area contributed by atoms with Crippen molar-refractivity contribution >= 4 is 10.9 Å². The third-order valence-electron chi connectivity index (χ3n) is 4.26. The Balaban J connectivity index is 1.51. The Labute approximate surface area is 156 Å². The van der Waals surface area contributed by atoms with E-state index in [1.54, 1.807) is 25.7 Å². The molecule has 0 atom stereocenters. The summed E-state index contributed by atoms with van der Waals surface area (Å²) in [7, 11) is 3.67. The summed E-state index contributed by atoms with van der Waals surface area (Å²) >= 11 is 0. The second-order valence-corrected chi connectivity index (χ2v) is 6.24. The SMILES string of the molecule is COc1ccc(CN(C)Cc2nnc(-c3cccnc3)o2)c2cccnc12. The van der Waals surface area contributed by atoms with Gasteiger partial charge in [-0.15, -0.1) is 10.2 Å². The molecule has 3 aromatic heterocycles. The van der Waals surface area contributed by atoms with Gasteiger partial charge in [0.2, 0.25) is 11.8 Å². The summed E-state index contributed by atoms with van der Waals surface area (Å²) < 4.78 is 11.2. The van der Waals surface area contributed by atoms with Crippen molar-refractivity contribution in [3.8, 4) is 17.2 Å². The van der Waals surface area contributed by atoms with Crippen molar-refractivity contribution in [2.24, 2.45) is 0 Å². The van der Waals surface area contributed by atoms with Crippen molar-refractivity contribution in [3.63, 3.8) is 0 Å². The maximum absolute atomic E-state index is 5.77. The van der Waals surface area contributed by atoms with Gasteiger partial charge in [0.05, 0.1) is 19.2 Å². The predicted octanol–water partition coefficient (Wildman–Crippen LogP) is 3.32. The molecule has 0 bridgehead atoms.